The van der Waals surface area contributed by atoms with Crippen LogP contribution in [0, 0.1) is 23.0 Å². The van der Waals surface area contributed by atoms with Crippen molar-refractivity contribution in [2.24, 2.45) is 0 Å². The highest BCUT2D eigenvalue weighted by atomic mass is 19.1. The second-order valence-corrected chi connectivity index (χ2v) is 8.05. The zero-order chi connectivity index (χ0) is 22.1. The summed E-state index contributed by atoms with van der Waals surface area (Å²) in [6, 6.07) is 19.2. The van der Waals surface area contributed by atoms with Gasteiger partial charge in [0.05, 0.1) is 11.6 Å². The van der Waals surface area contributed by atoms with Gasteiger partial charge in [-0.1, -0.05) is 24.3 Å². The maximum atomic E-state index is 15.2. The average molecular weight is 428 g/mol. The van der Waals surface area contributed by atoms with Crippen LogP contribution in [0.25, 0.3) is 22.0 Å². The summed E-state index contributed by atoms with van der Waals surface area (Å²) in [5.41, 5.74) is 4.67. The van der Waals surface area contributed by atoms with E-state index in [1.807, 2.05) is 24.3 Å². The second-order valence-electron chi connectivity index (χ2n) is 8.05. The van der Waals surface area contributed by atoms with Gasteiger partial charge in [-0.25, -0.2) is 8.78 Å². The Labute approximate surface area is 185 Å². The fourth-order valence-corrected chi connectivity index (χ4v) is 4.50. The topological polar surface area (TPSA) is 54.9 Å². The van der Waals surface area contributed by atoms with Crippen LogP contribution in [0.5, 0.6) is 0 Å². The Balaban J connectivity index is 1.62. The van der Waals surface area contributed by atoms with E-state index in [-0.39, 0.29) is 17.7 Å². The number of aromatic nitrogens is 1. The van der Waals surface area contributed by atoms with Gasteiger partial charge >= 0.3 is 0 Å². The van der Waals surface area contributed by atoms with Gasteiger partial charge in [0, 0.05) is 48.8 Å². The largest absolute Gasteiger partial charge is 0.360 e. The smallest absolute Gasteiger partial charge is 0.128 e. The molecule has 1 aliphatic rings. The molecular weight excluding hydrogens is 406 g/mol. The van der Waals surface area contributed by atoms with Crippen LogP contribution in [0.4, 0.5) is 8.78 Å². The average Bonchev–Trinajstić information content (AvgIpc) is 3.25. The molecule has 1 atom stereocenters. The van der Waals surface area contributed by atoms with Crippen LogP contribution in [-0.2, 0) is 0 Å². The van der Waals surface area contributed by atoms with E-state index < -0.39 is 0 Å². The van der Waals surface area contributed by atoms with E-state index >= 15 is 4.39 Å². The lowest BCUT2D eigenvalue weighted by Gasteiger charge is -2.36. The Morgan fingerprint density at radius 1 is 0.906 bits per heavy atom. The van der Waals surface area contributed by atoms with Gasteiger partial charge in [0.15, 0.2) is 0 Å². The molecule has 4 aromatic rings. The molecule has 6 heteroatoms. The maximum Gasteiger partial charge on any atom is 0.128 e. The summed E-state index contributed by atoms with van der Waals surface area (Å²) in [6.45, 7) is 3.18. The van der Waals surface area contributed by atoms with E-state index in [9.17, 15) is 9.65 Å². The van der Waals surface area contributed by atoms with Gasteiger partial charge in [-0.3, -0.25) is 4.90 Å². The summed E-state index contributed by atoms with van der Waals surface area (Å²) in [4.78, 5) is 5.33. The first-order chi connectivity index (χ1) is 15.6. The number of rotatable bonds is 4. The number of nitriles is 1. The molecule has 160 valence electrons. The van der Waals surface area contributed by atoms with Crippen molar-refractivity contribution < 1.29 is 8.78 Å². The van der Waals surface area contributed by atoms with Crippen molar-refractivity contribution in [3.05, 3.63) is 95.2 Å². The van der Waals surface area contributed by atoms with Gasteiger partial charge in [0.1, 0.15) is 17.7 Å². The highest BCUT2D eigenvalue weighted by Gasteiger charge is 2.27. The minimum Gasteiger partial charge on any atom is -0.360 e. The molecule has 3 aromatic carbocycles. The number of benzene rings is 3. The maximum absolute atomic E-state index is 15.2. The molecule has 1 unspecified atom stereocenters. The molecule has 1 fully saturated rings. The lowest BCUT2D eigenvalue weighted by molar-refractivity contribution is 0.195. The summed E-state index contributed by atoms with van der Waals surface area (Å²) in [7, 11) is 0. The number of nitrogens with zero attached hydrogens (tertiary/aromatic N) is 2. The molecule has 0 spiro atoms. The number of piperazine rings is 1. The molecule has 1 saturated heterocycles. The molecule has 2 heterocycles. The molecule has 4 nitrogen and oxygen atoms in total. The molecule has 1 aliphatic heterocycles. The van der Waals surface area contributed by atoms with Gasteiger partial charge in [0.25, 0.3) is 0 Å². The van der Waals surface area contributed by atoms with Crippen molar-refractivity contribution in [2.45, 2.75) is 6.04 Å². The third-order valence-corrected chi connectivity index (χ3v) is 6.13. The summed E-state index contributed by atoms with van der Waals surface area (Å²) < 4.78 is 28.8. The zero-order valence-electron chi connectivity index (χ0n) is 17.4. The molecule has 5 rings (SSSR count). The fourth-order valence-electron chi connectivity index (χ4n) is 4.50. The number of halogens is 2. The number of fused-ring (bicyclic) bond motifs is 1. The van der Waals surface area contributed by atoms with E-state index in [0.717, 1.165) is 53.8 Å². The minimum absolute atomic E-state index is 0.290. The van der Waals surface area contributed by atoms with Crippen molar-refractivity contribution in [3.8, 4) is 17.2 Å². The van der Waals surface area contributed by atoms with Crippen LogP contribution in [0.1, 0.15) is 22.7 Å². The van der Waals surface area contributed by atoms with E-state index in [0.29, 0.717) is 11.1 Å². The first-order valence-electron chi connectivity index (χ1n) is 10.7. The molecule has 0 bridgehead atoms. The molecule has 0 radical (unpaired) electrons. The number of H-pyrrole nitrogens is 1. The lowest BCUT2D eigenvalue weighted by Crippen LogP contribution is -2.45. The Kier molecular flexibility index (Phi) is 5.44. The molecule has 0 amide bonds. The van der Waals surface area contributed by atoms with Gasteiger partial charge in [-0.2, -0.15) is 5.26 Å². The first kappa shape index (κ1) is 20.4. The summed E-state index contributed by atoms with van der Waals surface area (Å²) in [5.74, 6) is -0.600. The normalized spacial score (nSPS) is 15.5. The fraction of sp³-hybridized carbons (Fsp3) is 0.192. The van der Waals surface area contributed by atoms with E-state index in [1.165, 1.54) is 18.2 Å². The van der Waals surface area contributed by atoms with Crippen LogP contribution >= 0.6 is 0 Å². The van der Waals surface area contributed by atoms with Gasteiger partial charge in [-0.05, 0) is 53.1 Å². The standard InChI is InChI=1S/C26H22F2N4/c27-21-5-1-17(2-6-21)26(32-11-9-30-10-12-32)23-14-18(3-7-24(23)28)19-4-8-25-22(13-19)20(15-29)16-31-25/h1-8,13-14,16,26,30-31H,9-12H2. The van der Waals surface area contributed by atoms with Gasteiger partial charge < -0.3 is 10.3 Å². The Morgan fingerprint density at radius 2 is 1.62 bits per heavy atom. The van der Waals surface area contributed by atoms with Crippen LogP contribution in [0.15, 0.2) is 66.9 Å². The number of nitrogens with one attached hydrogen (secondary N) is 2. The van der Waals surface area contributed by atoms with Crippen LogP contribution < -0.4 is 5.32 Å². The number of hydrogen-bond donors (Lipinski definition) is 2. The van der Waals surface area contributed by atoms with E-state index in [2.05, 4.69) is 21.3 Å². The van der Waals surface area contributed by atoms with E-state index in [4.69, 9.17) is 0 Å². The predicted octanol–water partition coefficient (Wildman–Crippen LogP) is 4.98. The van der Waals surface area contributed by atoms with Crippen molar-refractivity contribution in [3.63, 3.8) is 0 Å². The van der Waals surface area contributed by atoms with Crippen molar-refractivity contribution in [2.75, 3.05) is 26.2 Å². The minimum atomic E-state index is -0.316. The SMILES string of the molecule is N#Cc1c[nH]c2ccc(-c3ccc(F)c(C(c4ccc(F)cc4)N4CCNCC4)c3)cc12. The zero-order valence-corrected chi connectivity index (χ0v) is 17.4. The summed E-state index contributed by atoms with van der Waals surface area (Å²) in [5, 5.41) is 13.5. The first-order valence-corrected chi connectivity index (χ1v) is 10.7. The number of aromatic amines is 1. The molecular formula is C26H22F2N4. The highest BCUT2D eigenvalue weighted by Crippen LogP contribution is 2.34. The molecule has 1 aromatic heterocycles. The molecule has 2 N–H and O–H groups in total. The van der Waals surface area contributed by atoms with E-state index in [1.54, 1.807) is 24.4 Å². The van der Waals surface area contributed by atoms with Gasteiger partial charge in [0.2, 0.25) is 0 Å². The van der Waals surface area contributed by atoms with Crippen LogP contribution in [0.3, 0.4) is 0 Å². The monoisotopic (exact) mass is 428 g/mol. The Morgan fingerprint density at radius 3 is 2.38 bits per heavy atom. The molecule has 0 saturated carbocycles. The molecule has 32 heavy (non-hydrogen) atoms. The molecule has 0 aliphatic carbocycles. The van der Waals surface area contributed by atoms with Crippen molar-refractivity contribution in [1.82, 2.24) is 15.2 Å². The lowest BCUT2D eigenvalue weighted by atomic mass is 9.92. The Bertz CT molecular complexity index is 1300. The Hall–Kier alpha value is -3.53. The summed E-state index contributed by atoms with van der Waals surface area (Å²) in [6.07, 6.45) is 1.69. The van der Waals surface area contributed by atoms with Crippen molar-refractivity contribution >= 4 is 10.9 Å². The highest BCUT2D eigenvalue weighted by molar-refractivity contribution is 5.89. The summed E-state index contributed by atoms with van der Waals surface area (Å²) >= 11 is 0. The van der Waals surface area contributed by atoms with Crippen LogP contribution in [-0.4, -0.2) is 36.1 Å². The third kappa shape index (κ3) is 3.77. The second kappa shape index (κ2) is 8.54. The third-order valence-electron chi connectivity index (χ3n) is 6.13. The van der Waals surface area contributed by atoms with Crippen molar-refractivity contribution in [1.29, 1.82) is 5.26 Å². The number of hydrogen-bond acceptors (Lipinski definition) is 3. The van der Waals surface area contributed by atoms with Gasteiger partial charge in [-0.15, -0.1) is 0 Å². The van der Waals surface area contributed by atoms with Crippen LogP contribution in [0.2, 0.25) is 0 Å². The quantitative estimate of drug-likeness (QED) is 0.482. The predicted molar refractivity (Wildman–Crippen MR) is 121 cm³/mol.